The summed E-state index contributed by atoms with van der Waals surface area (Å²) in [5.74, 6) is 0. The van der Waals surface area contributed by atoms with Crippen molar-refractivity contribution in [2.24, 2.45) is 0 Å². The number of rotatable bonds is 3. The summed E-state index contributed by atoms with van der Waals surface area (Å²) in [5, 5.41) is 0. The second-order valence-electron chi connectivity index (χ2n) is 2.50. The maximum Gasteiger partial charge on any atom is 0.268 e. The Morgan fingerprint density at radius 2 is 1.92 bits per heavy atom. The predicted octanol–water partition coefficient (Wildman–Crippen LogP) is 1.09. The van der Waals surface area contributed by atoms with Gasteiger partial charge in [-0.1, -0.05) is 17.7 Å². The summed E-state index contributed by atoms with van der Waals surface area (Å²) >= 11 is -2.30. The first kappa shape index (κ1) is 9.88. The van der Waals surface area contributed by atoms with Gasteiger partial charge in [-0.3, -0.25) is 9.35 Å². The van der Waals surface area contributed by atoms with E-state index in [1.807, 2.05) is 6.92 Å². The number of hydrogen-bond acceptors (Lipinski definition) is 2. The van der Waals surface area contributed by atoms with Crippen molar-refractivity contribution in [1.82, 2.24) is 0 Å². The zero-order valence-corrected chi connectivity index (χ0v) is 7.82. The molecule has 4 nitrogen and oxygen atoms in total. The van der Waals surface area contributed by atoms with Gasteiger partial charge in [-0.15, -0.1) is 0 Å². The molecule has 0 spiro atoms. The minimum Gasteiger partial charge on any atom is -0.289 e. The molecule has 1 aromatic carbocycles. The van der Waals surface area contributed by atoms with Gasteiger partial charge in [0.2, 0.25) is 6.41 Å². The molecule has 0 aliphatic rings. The van der Waals surface area contributed by atoms with Crippen molar-refractivity contribution in [3.63, 3.8) is 0 Å². The average molecular weight is 199 g/mol. The number of carbonyl (C=O) groups excluding carboxylic acids is 1. The standard InChI is InChI=1S/C8H9NO3S/c1-7-2-4-8(5-3-7)9(6-10)13(11)12/h2-6H,1H3,(H,11,12). The first-order valence-corrected chi connectivity index (χ1v) is 4.63. The van der Waals surface area contributed by atoms with Gasteiger partial charge in [0.15, 0.2) is 0 Å². The van der Waals surface area contributed by atoms with E-state index < -0.39 is 11.3 Å². The third kappa shape index (κ3) is 2.37. The third-order valence-corrected chi connectivity index (χ3v) is 2.19. The van der Waals surface area contributed by atoms with Crippen LogP contribution in [0, 0.1) is 6.92 Å². The molecule has 0 saturated heterocycles. The number of anilines is 1. The molecule has 1 amide bonds. The van der Waals surface area contributed by atoms with E-state index in [4.69, 9.17) is 4.55 Å². The Labute approximate surface area is 78.6 Å². The molecule has 70 valence electrons. The molecule has 0 aromatic heterocycles. The molecule has 0 saturated carbocycles. The monoisotopic (exact) mass is 199 g/mol. The molecule has 0 bridgehead atoms. The van der Waals surface area contributed by atoms with Crippen molar-refractivity contribution in [1.29, 1.82) is 0 Å². The molecule has 0 aliphatic carbocycles. The van der Waals surface area contributed by atoms with Gasteiger partial charge in [0.05, 0.1) is 5.69 Å². The third-order valence-electron chi connectivity index (χ3n) is 1.55. The number of nitrogens with zero attached hydrogens (tertiary/aromatic N) is 1. The van der Waals surface area contributed by atoms with Crippen LogP contribution in [0.5, 0.6) is 0 Å². The second kappa shape index (κ2) is 4.15. The average Bonchev–Trinajstić information content (AvgIpc) is 2.09. The van der Waals surface area contributed by atoms with Gasteiger partial charge in [0.1, 0.15) is 0 Å². The van der Waals surface area contributed by atoms with E-state index in [0.29, 0.717) is 12.1 Å². The van der Waals surface area contributed by atoms with Crippen LogP contribution in [-0.2, 0) is 16.1 Å². The number of carbonyl (C=O) groups is 1. The lowest BCUT2D eigenvalue weighted by Gasteiger charge is -2.11. The van der Waals surface area contributed by atoms with E-state index in [9.17, 15) is 9.00 Å². The maximum atomic E-state index is 10.6. The molecular weight excluding hydrogens is 190 g/mol. The summed E-state index contributed by atoms with van der Waals surface area (Å²) < 4.78 is 20.1. The minimum absolute atomic E-state index is 0.320. The highest BCUT2D eigenvalue weighted by atomic mass is 32.2. The van der Waals surface area contributed by atoms with E-state index >= 15 is 0 Å². The van der Waals surface area contributed by atoms with Gasteiger partial charge in [0.25, 0.3) is 11.3 Å². The topological polar surface area (TPSA) is 57.6 Å². The Bertz CT molecular complexity index is 323. The number of benzene rings is 1. The number of amides is 1. The molecule has 1 aromatic rings. The van der Waals surface area contributed by atoms with E-state index in [0.717, 1.165) is 9.87 Å². The normalized spacial score (nSPS) is 12.2. The van der Waals surface area contributed by atoms with Crippen LogP contribution in [0.3, 0.4) is 0 Å². The van der Waals surface area contributed by atoms with Crippen molar-refractivity contribution in [3.8, 4) is 0 Å². The SMILES string of the molecule is Cc1ccc(N(C=O)S(=O)O)cc1. The summed E-state index contributed by atoms with van der Waals surface area (Å²) in [6.45, 7) is 1.89. The summed E-state index contributed by atoms with van der Waals surface area (Å²) in [4.78, 5) is 10.4. The second-order valence-corrected chi connectivity index (χ2v) is 3.35. The molecule has 13 heavy (non-hydrogen) atoms. The first-order chi connectivity index (χ1) is 6.15. The molecular formula is C8H9NO3S. The molecule has 0 aliphatic heterocycles. The largest absolute Gasteiger partial charge is 0.289 e. The highest BCUT2D eigenvalue weighted by Crippen LogP contribution is 2.14. The zero-order valence-electron chi connectivity index (χ0n) is 7.01. The summed E-state index contributed by atoms with van der Waals surface area (Å²) in [7, 11) is 0. The molecule has 0 radical (unpaired) electrons. The molecule has 1 atom stereocenters. The Morgan fingerprint density at radius 3 is 2.31 bits per heavy atom. The molecule has 0 heterocycles. The quantitative estimate of drug-likeness (QED) is 0.585. The highest BCUT2D eigenvalue weighted by molar-refractivity contribution is 7.81. The van der Waals surface area contributed by atoms with Crippen LogP contribution in [0.25, 0.3) is 0 Å². The Balaban J connectivity index is 2.99. The summed E-state index contributed by atoms with van der Waals surface area (Å²) in [6, 6.07) is 6.74. The molecule has 0 fully saturated rings. The van der Waals surface area contributed by atoms with Crippen molar-refractivity contribution in [2.75, 3.05) is 4.31 Å². The fourth-order valence-corrected chi connectivity index (χ4v) is 1.26. The van der Waals surface area contributed by atoms with E-state index in [-0.39, 0.29) is 0 Å². The molecule has 1 unspecified atom stereocenters. The van der Waals surface area contributed by atoms with Gasteiger partial charge in [-0.05, 0) is 19.1 Å². The molecule has 1 N–H and O–H groups in total. The van der Waals surface area contributed by atoms with Crippen LogP contribution >= 0.6 is 0 Å². The van der Waals surface area contributed by atoms with Gasteiger partial charge >= 0.3 is 0 Å². The van der Waals surface area contributed by atoms with E-state index in [1.54, 1.807) is 24.3 Å². The maximum absolute atomic E-state index is 10.6. The van der Waals surface area contributed by atoms with Gasteiger partial charge in [0, 0.05) is 0 Å². The molecule has 5 heteroatoms. The van der Waals surface area contributed by atoms with Gasteiger partial charge in [-0.25, -0.2) is 8.51 Å². The lowest BCUT2D eigenvalue weighted by Crippen LogP contribution is -2.22. The summed E-state index contributed by atoms with van der Waals surface area (Å²) in [5.41, 5.74) is 1.43. The van der Waals surface area contributed by atoms with E-state index in [2.05, 4.69) is 0 Å². The highest BCUT2D eigenvalue weighted by Gasteiger charge is 2.09. The fourth-order valence-electron chi connectivity index (χ4n) is 0.880. The van der Waals surface area contributed by atoms with Crippen LogP contribution in [0.2, 0.25) is 0 Å². The zero-order chi connectivity index (χ0) is 9.84. The summed E-state index contributed by atoms with van der Waals surface area (Å²) in [6.07, 6.45) is 0.320. The van der Waals surface area contributed by atoms with Crippen LogP contribution < -0.4 is 4.31 Å². The van der Waals surface area contributed by atoms with Crippen molar-refractivity contribution in [2.45, 2.75) is 6.92 Å². The minimum atomic E-state index is -2.30. The lowest BCUT2D eigenvalue weighted by molar-refractivity contribution is -0.106. The van der Waals surface area contributed by atoms with Crippen molar-refractivity contribution < 1.29 is 13.6 Å². The lowest BCUT2D eigenvalue weighted by atomic mass is 10.2. The number of hydrogen-bond donors (Lipinski definition) is 1. The van der Waals surface area contributed by atoms with Crippen LogP contribution in [-0.4, -0.2) is 15.2 Å². The Morgan fingerprint density at radius 1 is 1.38 bits per heavy atom. The van der Waals surface area contributed by atoms with Crippen molar-refractivity contribution >= 4 is 23.4 Å². The van der Waals surface area contributed by atoms with E-state index in [1.165, 1.54) is 0 Å². The Hall–Kier alpha value is -1.20. The smallest absolute Gasteiger partial charge is 0.268 e. The van der Waals surface area contributed by atoms with Gasteiger partial charge < -0.3 is 0 Å². The predicted molar refractivity (Wildman–Crippen MR) is 50.5 cm³/mol. The fraction of sp³-hybridized carbons (Fsp3) is 0.125. The molecule has 1 rings (SSSR count). The van der Waals surface area contributed by atoms with Crippen LogP contribution in [0.15, 0.2) is 24.3 Å². The first-order valence-electron chi connectivity index (χ1n) is 3.57. The van der Waals surface area contributed by atoms with Crippen LogP contribution in [0.4, 0.5) is 5.69 Å². The van der Waals surface area contributed by atoms with Gasteiger partial charge in [-0.2, -0.15) is 0 Å². The van der Waals surface area contributed by atoms with Crippen molar-refractivity contribution in [3.05, 3.63) is 29.8 Å². The van der Waals surface area contributed by atoms with Crippen LogP contribution in [0.1, 0.15) is 5.56 Å². The Kier molecular flexibility index (Phi) is 3.16. The number of aryl methyl sites for hydroxylation is 1.